The molecular formula is C22H21Cl2N3O2. The summed E-state index contributed by atoms with van der Waals surface area (Å²) in [7, 11) is 0. The van der Waals surface area contributed by atoms with Crippen molar-refractivity contribution in [3.63, 3.8) is 0 Å². The first-order valence-corrected chi connectivity index (χ1v) is 10.4. The Morgan fingerprint density at radius 1 is 1.10 bits per heavy atom. The van der Waals surface area contributed by atoms with Gasteiger partial charge in [-0.05, 0) is 61.8 Å². The molecule has 1 N–H and O–H groups in total. The van der Waals surface area contributed by atoms with Crippen molar-refractivity contribution < 1.29 is 9.32 Å². The van der Waals surface area contributed by atoms with Gasteiger partial charge in [-0.2, -0.15) is 0 Å². The van der Waals surface area contributed by atoms with Crippen LogP contribution in [-0.4, -0.2) is 35.6 Å². The molecule has 0 spiro atoms. The average Bonchev–Trinajstić information content (AvgIpc) is 3.42. The largest absolute Gasteiger partial charge is 0.355 e. The molecule has 0 aliphatic carbocycles. The minimum Gasteiger partial charge on any atom is -0.355 e. The van der Waals surface area contributed by atoms with Crippen molar-refractivity contribution in [2.45, 2.75) is 18.9 Å². The standard InChI is InChI=1S/C22H21Cl2N3O2/c23-16-9-7-15(8-10-16)21-13-19(26-29-21)22(28)25-14-20(27-11-3-4-12-27)17-5-1-2-6-18(17)24/h1-2,5-10,13,20H,3-4,11-12,14H2,(H,25,28)/t20-/m0/s1. The van der Waals surface area contributed by atoms with Gasteiger partial charge < -0.3 is 9.84 Å². The Hall–Kier alpha value is -2.34. The number of halogens is 2. The number of benzene rings is 2. The molecule has 3 aromatic rings. The zero-order valence-electron chi connectivity index (χ0n) is 15.8. The quantitative estimate of drug-likeness (QED) is 0.583. The summed E-state index contributed by atoms with van der Waals surface area (Å²) < 4.78 is 5.34. The second-order valence-electron chi connectivity index (χ2n) is 7.07. The number of hydrogen-bond acceptors (Lipinski definition) is 4. The van der Waals surface area contributed by atoms with Crippen LogP contribution >= 0.6 is 23.2 Å². The van der Waals surface area contributed by atoms with E-state index in [2.05, 4.69) is 15.4 Å². The van der Waals surface area contributed by atoms with Crippen molar-refractivity contribution in [3.05, 3.63) is 75.9 Å². The van der Waals surface area contributed by atoms with Gasteiger partial charge in [0.1, 0.15) is 0 Å². The number of hydrogen-bond donors (Lipinski definition) is 1. The lowest BCUT2D eigenvalue weighted by molar-refractivity contribution is 0.0929. The van der Waals surface area contributed by atoms with Gasteiger partial charge in [0.2, 0.25) is 0 Å². The molecule has 2 heterocycles. The number of likely N-dealkylation sites (tertiary alicyclic amines) is 1. The van der Waals surface area contributed by atoms with E-state index in [1.165, 1.54) is 0 Å². The maximum absolute atomic E-state index is 12.7. The Kier molecular flexibility index (Phi) is 6.19. The molecule has 0 radical (unpaired) electrons. The molecule has 2 aromatic carbocycles. The number of nitrogens with zero attached hydrogens (tertiary/aromatic N) is 2. The number of rotatable bonds is 6. The van der Waals surface area contributed by atoms with Gasteiger partial charge >= 0.3 is 0 Å². The fourth-order valence-corrected chi connectivity index (χ4v) is 4.03. The fraction of sp³-hybridized carbons (Fsp3) is 0.273. The van der Waals surface area contributed by atoms with E-state index in [4.69, 9.17) is 27.7 Å². The van der Waals surface area contributed by atoms with E-state index in [9.17, 15) is 4.79 Å². The summed E-state index contributed by atoms with van der Waals surface area (Å²) >= 11 is 12.4. The minimum atomic E-state index is -0.273. The Morgan fingerprint density at radius 3 is 2.55 bits per heavy atom. The fourth-order valence-electron chi connectivity index (χ4n) is 3.65. The van der Waals surface area contributed by atoms with Crippen molar-refractivity contribution in [1.29, 1.82) is 0 Å². The van der Waals surface area contributed by atoms with E-state index in [-0.39, 0.29) is 17.6 Å². The number of amides is 1. The summed E-state index contributed by atoms with van der Waals surface area (Å²) in [4.78, 5) is 15.0. The lowest BCUT2D eigenvalue weighted by Crippen LogP contribution is -2.37. The van der Waals surface area contributed by atoms with Crippen LogP contribution < -0.4 is 5.32 Å². The molecule has 1 aromatic heterocycles. The van der Waals surface area contributed by atoms with Crippen molar-refractivity contribution >= 4 is 29.1 Å². The number of carbonyl (C=O) groups excluding carboxylic acids is 1. The van der Waals surface area contributed by atoms with Gasteiger partial charge in [0, 0.05) is 28.2 Å². The third-order valence-electron chi connectivity index (χ3n) is 5.17. The van der Waals surface area contributed by atoms with E-state index in [0.29, 0.717) is 22.4 Å². The highest BCUT2D eigenvalue weighted by Gasteiger charge is 2.26. The molecule has 0 unspecified atom stereocenters. The summed E-state index contributed by atoms with van der Waals surface area (Å²) in [5.41, 5.74) is 2.08. The van der Waals surface area contributed by atoms with Crippen LogP contribution in [0.1, 0.15) is 34.9 Å². The molecule has 150 valence electrons. The zero-order chi connectivity index (χ0) is 20.2. The number of nitrogens with one attached hydrogen (secondary N) is 1. The maximum atomic E-state index is 12.7. The monoisotopic (exact) mass is 429 g/mol. The van der Waals surface area contributed by atoms with Gasteiger partial charge in [-0.1, -0.05) is 46.6 Å². The van der Waals surface area contributed by atoms with Crippen molar-refractivity contribution in [3.8, 4) is 11.3 Å². The second-order valence-corrected chi connectivity index (χ2v) is 7.92. The van der Waals surface area contributed by atoms with Crippen LogP contribution in [0.2, 0.25) is 10.0 Å². The summed E-state index contributed by atoms with van der Waals surface area (Å²) in [6.07, 6.45) is 2.31. The first-order valence-electron chi connectivity index (χ1n) is 9.61. The van der Waals surface area contributed by atoms with E-state index in [0.717, 1.165) is 37.1 Å². The lowest BCUT2D eigenvalue weighted by atomic mass is 10.1. The Balaban J connectivity index is 1.47. The molecule has 0 bridgehead atoms. The van der Waals surface area contributed by atoms with Crippen LogP contribution in [-0.2, 0) is 0 Å². The van der Waals surface area contributed by atoms with Gasteiger partial charge in [0.05, 0.1) is 6.04 Å². The Bertz CT molecular complexity index is 982. The van der Waals surface area contributed by atoms with Crippen LogP contribution in [0, 0.1) is 0 Å². The predicted molar refractivity (Wildman–Crippen MR) is 114 cm³/mol. The van der Waals surface area contributed by atoms with Crippen molar-refractivity contribution in [2.75, 3.05) is 19.6 Å². The van der Waals surface area contributed by atoms with Crippen molar-refractivity contribution in [2.24, 2.45) is 0 Å². The molecule has 1 amide bonds. The Labute approximate surface area is 179 Å². The normalized spacial score (nSPS) is 15.4. The molecule has 7 heteroatoms. The van der Waals surface area contributed by atoms with E-state index in [1.54, 1.807) is 18.2 Å². The molecule has 1 saturated heterocycles. The highest BCUT2D eigenvalue weighted by molar-refractivity contribution is 6.31. The van der Waals surface area contributed by atoms with E-state index < -0.39 is 0 Å². The van der Waals surface area contributed by atoms with Gasteiger partial charge in [-0.15, -0.1) is 0 Å². The molecule has 0 saturated carbocycles. The van der Waals surface area contributed by atoms with Crippen molar-refractivity contribution in [1.82, 2.24) is 15.4 Å². The third-order valence-corrected chi connectivity index (χ3v) is 5.77. The van der Waals surface area contributed by atoms with Crippen LogP contribution in [0.4, 0.5) is 0 Å². The Morgan fingerprint density at radius 2 is 1.83 bits per heavy atom. The predicted octanol–water partition coefficient (Wildman–Crippen LogP) is 5.22. The summed E-state index contributed by atoms with van der Waals surface area (Å²) in [5.74, 6) is 0.249. The van der Waals surface area contributed by atoms with E-state index >= 15 is 0 Å². The highest BCUT2D eigenvalue weighted by Crippen LogP contribution is 2.30. The second kappa shape index (κ2) is 8.99. The highest BCUT2D eigenvalue weighted by atomic mass is 35.5. The average molecular weight is 430 g/mol. The molecule has 29 heavy (non-hydrogen) atoms. The lowest BCUT2D eigenvalue weighted by Gasteiger charge is -2.28. The molecule has 1 aliphatic heterocycles. The maximum Gasteiger partial charge on any atom is 0.273 e. The number of carbonyl (C=O) groups is 1. The third kappa shape index (κ3) is 4.64. The summed E-state index contributed by atoms with van der Waals surface area (Å²) in [5, 5.41) is 8.26. The summed E-state index contributed by atoms with van der Waals surface area (Å²) in [6, 6.07) is 16.6. The first-order chi connectivity index (χ1) is 14.1. The zero-order valence-corrected chi connectivity index (χ0v) is 17.3. The minimum absolute atomic E-state index is 0.0257. The summed E-state index contributed by atoms with van der Waals surface area (Å²) in [6.45, 7) is 2.44. The van der Waals surface area contributed by atoms with Gasteiger partial charge in [-0.3, -0.25) is 9.69 Å². The van der Waals surface area contributed by atoms with Crippen LogP contribution in [0.25, 0.3) is 11.3 Å². The molecule has 5 nitrogen and oxygen atoms in total. The molecule has 1 atom stereocenters. The van der Waals surface area contributed by atoms with Crippen LogP contribution in [0.5, 0.6) is 0 Å². The SMILES string of the molecule is O=C(NC[C@@H](c1ccccc1Cl)N1CCCC1)c1cc(-c2ccc(Cl)cc2)on1. The molecule has 1 fully saturated rings. The molecular weight excluding hydrogens is 409 g/mol. The van der Waals surface area contributed by atoms with Crippen LogP contribution in [0.15, 0.2) is 59.1 Å². The number of aromatic nitrogens is 1. The van der Waals surface area contributed by atoms with Gasteiger partial charge in [0.15, 0.2) is 11.5 Å². The smallest absolute Gasteiger partial charge is 0.273 e. The van der Waals surface area contributed by atoms with E-state index in [1.807, 2.05) is 36.4 Å². The topological polar surface area (TPSA) is 58.4 Å². The first kappa shape index (κ1) is 20.0. The van der Waals surface area contributed by atoms with Crippen LogP contribution in [0.3, 0.4) is 0 Å². The molecule has 1 aliphatic rings. The molecule has 4 rings (SSSR count). The van der Waals surface area contributed by atoms with Gasteiger partial charge in [-0.25, -0.2) is 0 Å². The van der Waals surface area contributed by atoms with Gasteiger partial charge in [0.25, 0.3) is 5.91 Å².